The molecule has 1 unspecified atom stereocenters. The molecule has 1 saturated heterocycles. The zero-order valence-electron chi connectivity index (χ0n) is 22.7. The average Bonchev–Trinajstić information content (AvgIpc) is 3.23. The lowest BCUT2D eigenvalue weighted by molar-refractivity contribution is -0.130. The molecular formula is C29H36FN3O5S2. The second kappa shape index (κ2) is 14.1. The van der Waals surface area contributed by atoms with Gasteiger partial charge in [0.05, 0.1) is 11.5 Å². The summed E-state index contributed by atoms with van der Waals surface area (Å²) in [6.07, 6.45) is 8.76. The highest BCUT2D eigenvalue weighted by Crippen LogP contribution is 2.36. The third kappa shape index (κ3) is 8.06. The van der Waals surface area contributed by atoms with Gasteiger partial charge in [-0.2, -0.15) is 8.42 Å². The summed E-state index contributed by atoms with van der Waals surface area (Å²) < 4.78 is 49.1. The van der Waals surface area contributed by atoms with Crippen molar-refractivity contribution in [2.75, 3.05) is 11.9 Å². The molecule has 4 rings (SSSR count). The molecule has 0 aromatic heterocycles. The number of thioether (sulfide) groups is 1. The smallest absolute Gasteiger partial charge is 0.284 e. The van der Waals surface area contributed by atoms with Crippen LogP contribution in [-0.2, 0) is 19.6 Å². The first-order valence-electron chi connectivity index (χ1n) is 13.9. The minimum Gasteiger partial charge on any atom is -0.494 e. The van der Waals surface area contributed by atoms with Crippen molar-refractivity contribution in [3.63, 3.8) is 0 Å². The summed E-state index contributed by atoms with van der Waals surface area (Å²) in [5, 5.41) is 2.09. The van der Waals surface area contributed by atoms with Crippen molar-refractivity contribution in [2.45, 2.75) is 87.3 Å². The summed E-state index contributed by atoms with van der Waals surface area (Å²) in [6.45, 7) is 2.81. The van der Waals surface area contributed by atoms with Crippen LogP contribution in [0.1, 0.15) is 71.1 Å². The number of benzene rings is 2. The van der Waals surface area contributed by atoms with Gasteiger partial charge in [-0.1, -0.05) is 57.2 Å². The summed E-state index contributed by atoms with van der Waals surface area (Å²) in [5.74, 6) is -0.504. The summed E-state index contributed by atoms with van der Waals surface area (Å²) in [7, 11) is -4.18. The van der Waals surface area contributed by atoms with Gasteiger partial charge in [-0.05, 0) is 67.8 Å². The maximum Gasteiger partial charge on any atom is 0.284 e. The molecule has 2 aromatic rings. The Morgan fingerprint density at radius 3 is 2.42 bits per heavy atom. The number of unbranched alkanes of at least 4 members (excludes halogenated alkanes) is 3. The van der Waals surface area contributed by atoms with E-state index in [4.69, 9.17) is 4.74 Å². The lowest BCUT2D eigenvalue weighted by atomic mass is 9.94. The van der Waals surface area contributed by atoms with Gasteiger partial charge in [0, 0.05) is 18.2 Å². The van der Waals surface area contributed by atoms with E-state index in [1.165, 1.54) is 17.7 Å². The number of nitrogens with zero attached hydrogens (tertiary/aromatic N) is 2. The van der Waals surface area contributed by atoms with Gasteiger partial charge in [0.1, 0.15) is 16.8 Å². The molecule has 0 radical (unpaired) electrons. The Labute approximate surface area is 239 Å². The number of ether oxygens (including phenoxy) is 1. The molecule has 2 aliphatic rings. The van der Waals surface area contributed by atoms with Gasteiger partial charge < -0.3 is 10.1 Å². The fraction of sp³-hybridized carbons (Fsp3) is 0.483. The van der Waals surface area contributed by atoms with Crippen molar-refractivity contribution in [3.05, 3.63) is 54.3 Å². The van der Waals surface area contributed by atoms with E-state index in [0.717, 1.165) is 86.7 Å². The number of carbonyl (C=O) groups excluding carboxylic acids is 2. The third-order valence-electron chi connectivity index (χ3n) is 6.99. The molecule has 0 spiro atoms. The van der Waals surface area contributed by atoms with Gasteiger partial charge in [-0.3, -0.25) is 14.5 Å². The highest BCUT2D eigenvalue weighted by molar-refractivity contribution is 8.16. The number of rotatable bonds is 12. The molecule has 40 heavy (non-hydrogen) atoms. The molecule has 2 aromatic carbocycles. The van der Waals surface area contributed by atoms with Crippen molar-refractivity contribution < 1.29 is 27.1 Å². The van der Waals surface area contributed by atoms with E-state index in [1.807, 2.05) is 0 Å². The first-order valence-corrected chi connectivity index (χ1v) is 16.2. The fourth-order valence-corrected chi connectivity index (χ4v) is 7.25. The molecule has 1 aliphatic heterocycles. The number of nitrogens with one attached hydrogen (secondary N) is 1. The van der Waals surface area contributed by atoms with E-state index >= 15 is 0 Å². The molecular weight excluding hydrogens is 553 g/mol. The number of sulfonamides is 1. The molecule has 1 heterocycles. The standard InChI is InChI=1S/C29H36FN3O5S2/c1-2-3-4-8-19-38-24-15-13-22(14-16-24)31-27(34)20-26-28(35)33(23-9-6-5-7-10-23)29(39-26)32-40(36,37)25-17-11-21(30)12-18-25/h11-18,23,26H,2-10,19-20H2,1H3,(H,31,34)/b32-29+. The largest absolute Gasteiger partial charge is 0.494 e. The van der Waals surface area contributed by atoms with Crippen molar-refractivity contribution >= 4 is 44.5 Å². The van der Waals surface area contributed by atoms with Gasteiger partial charge in [0.2, 0.25) is 11.8 Å². The van der Waals surface area contributed by atoms with Gasteiger partial charge in [-0.15, -0.1) is 4.40 Å². The molecule has 11 heteroatoms. The summed E-state index contributed by atoms with van der Waals surface area (Å²) in [5.41, 5.74) is 0.579. The summed E-state index contributed by atoms with van der Waals surface area (Å²) in [6, 6.07) is 11.3. The molecule has 8 nitrogen and oxygen atoms in total. The normalized spacial score (nSPS) is 19.2. The van der Waals surface area contributed by atoms with Gasteiger partial charge in [-0.25, -0.2) is 4.39 Å². The maximum absolute atomic E-state index is 13.5. The molecule has 216 valence electrons. The van der Waals surface area contributed by atoms with Crippen molar-refractivity contribution in [3.8, 4) is 5.75 Å². The molecule has 1 atom stereocenters. The van der Waals surface area contributed by atoms with E-state index in [1.54, 1.807) is 24.3 Å². The van der Waals surface area contributed by atoms with E-state index < -0.39 is 21.1 Å². The number of hydrogen-bond donors (Lipinski definition) is 1. The highest BCUT2D eigenvalue weighted by atomic mass is 32.2. The van der Waals surface area contributed by atoms with E-state index in [9.17, 15) is 22.4 Å². The quantitative estimate of drug-likeness (QED) is 0.299. The Hall–Kier alpha value is -2.92. The predicted molar refractivity (Wildman–Crippen MR) is 155 cm³/mol. The first kappa shape index (κ1) is 30.0. The Morgan fingerprint density at radius 1 is 1.05 bits per heavy atom. The highest BCUT2D eigenvalue weighted by Gasteiger charge is 2.43. The molecule has 2 fully saturated rings. The van der Waals surface area contributed by atoms with Crippen LogP contribution in [0.15, 0.2) is 57.8 Å². The topological polar surface area (TPSA) is 105 Å². The lowest BCUT2D eigenvalue weighted by Crippen LogP contribution is -2.42. The first-order chi connectivity index (χ1) is 19.3. The maximum atomic E-state index is 13.5. The molecule has 0 bridgehead atoms. The van der Waals surface area contributed by atoms with Crippen LogP contribution in [0.25, 0.3) is 0 Å². The van der Waals surface area contributed by atoms with Crippen molar-refractivity contribution in [1.29, 1.82) is 0 Å². The van der Waals surface area contributed by atoms with Crippen LogP contribution < -0.4 is 10.1 Å². The van der Waals surface area contributed by atoms with Crippen LogP contribution in [0.2, 0.25) is 0 Å². The Bertz CT molecular complexity index is 1290. The second-order valence-electron chi connectivity index (χ2n) is 10.1. The van der Waals surface area contributed by atoms with E-state index in [2.05, 4.69) is 16.6 Å². The number of halogens is 1. The predicted octanol–water partition coefficient (Wildman–Crippen LogP) is 6.14. The zero-order chi connectivity index (χ0) is 28.5. The SMILES string of the molecule is CCCCCCOc1ccc(NC(=O)CC2S/C(=N/S(=O)(=O)c3ccc(F)cc3)N(C3CCCCC3)C2=O)cc1. The van der Waals surface area contributed by atoms with Crippen molar-refractivity contribution in [1.82, 2.24) is 4.90 Å². The Kier molecular flexibility index (Phi) is 10.6. The Balaban J connectivity index is 1.42. The molecule has 1 saturated carbocycles. The zero-order valence-corrected chi connectivity index (χ0v) is 24.3. The summed E-state index contributed by atoms with van der Waals surface area (Å²) >= 11 is 0.993. The van der Waals surface area contributed by atoms with Crippen molar-refractivity contribution in [2.24, 2.45) is 4.40 Å². The fourth-order valence-electron chi connectivity index (χ4n) is 4.85. The number of amidine groups is 1. The molecule has 1 aliphatic carbocycles. The van der Waals surface area contributed by atoms with Gasteiger partial charge >= 0.3 is 0 Å². The number of carbonyl (C=O) groups is 2. The minimum absolute atomic E-state index is 0.0689. The van der Waals surface area contributed by atoms with Gasteiger partial charge in [0.15, 0.2) is 5.17 Å². The number of amides is 2. The summed E-state index contributed by atoms with van der Waals surface area (Å²) in [4.78, 5) is 27.7. The van der Waals surface area contributed by atoms with Gasteiger partial charge in [0.25, 0.3) is 10.0 Å². The number of anilines is 1. The molecule has 1 N–H and O–H groups in total. The average molecular weight is 590 g/mol. The van der Waals surface area contributed by atoms with Crippen LogP contribution in [0.5, 0.6) is 5.75 Å². The monoisotopic (exact) mass is 589 g/mol. The second-order valence-corrected chi connectivity index (χ2v) is 12.9. The number of hydrogen-bond acceptors (Lipinski definition) is 6. The van der Waals surface area contributed by atoms with Crippen LogP contribution >= 0.6 is 11.8 Å². The van der Waals surface area contributed by atoms with Crippen LogP contribution in [0.4, 0.5) is 10.1 Å². The van der Waals surface area contributed by atoms with E-state index in [-0.39, 0.29) is 34.3 Å². The molecule has 2 amide bonds. The van der Waals surface area contributed by atoms with Crippen LogP contribution in [-0.4, -0.2) is 48.2 Å². The Morgan fingerprint density at radius 2 is 1.75 bits per heavy atom. The van der Waals surface area contributed by atoms with Crippen LogP contribution in [0, 0.1) is 5.82 Å². The lowest BCUT2D eigenvalue weighted by Gasteiger charge is -2.30. The minimum atomic E-state index is -4.18. The van der Waals surface area contributed by atoms with Crippen LogP contribution in [0.3, 0.4) is 0 Å². The van der Waals surface area contributed by atoms with E-state index in [0.29, 0.717) is 12.3 Å². The third-order valence-corrected chi connectivity index (χ3v) is 9.54.